The summed E-state index contributed by atoms with van der Waals surface area (Å²) in [6, 6.07) is 14.5. The van der Waals surface area contributed by atoms with Gasteiger partial charge in [-0.1, -0.05) is 18.2 Å². The number of ether oxygens (including phenoxy) is 1. The lowest BCUT2D eigenvalue weighted by Crippen LogP contribution is -2.32. The maximum atomic E-state index is 12.3. The van der Waals surface area contributed by atoms with Crippen molar-refractivity contribution < 1.29 is 19.1 Å². The van der Waals surface area contributed by atoms with Crippen LogP contribution in [0.2, 0.25) is 0 Å². The molecule has 0 unspecified atom stereocenters. The van der Waals surface area contributed by atoms with Crippen molar-refractivity contribution in [1.82, 2.24) is 5.32 Å². The van der Waals surface area contributed by atoms with Gasteiger partial charge in [0.15, 0.2) is 0 Å². The molecule has 1 aliphatic rings. The topological polar surface area (TPSA) is 147 Å². The van der Waals surface area contributed by atoms with Crippen LogP contribution in [0.5, 0.6) is 0 Å². The van der Waals surface area contributed by atoms with E-state index in [1.165, 1.54) is 0 Å². The van der Waals surface area contributed by atoms with Crippen LogP contribution in [0.25, 0.3) is 0 Å². The summed E-state index contributed by atoms with van der Waals surface area (Å²) < 4.78 is 4.91. The Morgan fingerprint density at radius 2 is 1.77 bits per heavy atom. The summed E-state index contributed by atoms with van der Waals surface area (Å²) in [5.74, 6) is -1.21. The van der Waals surface area contributed by atoms with Crippen LogP contribution in [0.4, 0.5) is 11.4 Å². The van der Waals surface area contributed by atoms with Crippen molar-refractivity contribution >= 4 is 41.1 Å². The summed E-state index contributed by atoms with van der Waals surface area (Å²) in [5, 5.41) is 8.03. The highest BCUT2D eigenvalue weighted by Gasteiger charge is 2.28. The van der Waals surface area contributed by atoms with Gasteiger partial charge in [-0.3, -0.25) is 14.9 Å². The minimum absolute atomic E-state index is 0.0301. The van der Waals surface area contributed by atoms with Gasteiger partial charge in [-0.05, 0) is 43.3 Å². The summed E-state index contributed by atoms with van der Waals surface area (Å²) in [5.41, 5.74) is 7.42. The SMILES string of the molecule is CCOC(=O)c1ccc(NC(=O)C[C@H]2N=C(N=C(N)Nc3ccccc3)NC2=O)cc1. The van der Waals surface area contributed by atoms with Crippen molar-refractivity contribution in [3.8, 4) is 0 Å². The van der Waals surface area contributed by atoms with Gasteiger partial charge in [0.05, 0.1) is 18.6 Å². The molecule has 1 aliphatic heterocycles. The monoisotopic (exact) mass is 422 g/mol. The maximum Gasteiger partial charge on any atom is 0.338 e. The molecule has 0 radical (unpaired) electrons. The Bertz CT molecular complexity index is 1020. The van der Waals surface area contributed by atoms with E-state index in [0.717, 1.165) is 5.69 Å². The molecule has 10 heteroatoms. The second-order valence-corrected chi connectivity index (χ2v) is 6.50. The number of guanidine groups is 2. The van der Waals surface area contributed by atoms with Crippen LogP contribution in [0, 0.1) is 0 Å². The van der Waals surface area contributed by atoms with Crippen LogP contribution in [-0.4, -0.2) is 42.4 Å². The van der Waals surface area contributed by atoms with Gasteiger partial charge < -0.3 is 21.1 Å². The van der Waals surface area contributed by atoms with E-state index in [0.29, 0.717) is 11.3 Å². The maximum absolute atomic E-state index is 12.3. The van der Waals surface area contributed by atoms with Gasteiger partial charge in [-0.25, -0.2) is 9.79 Å². The molecular formula is C21H22N6O4. The molecule has 160 valence electrons. The number of benzene rings is 2. The molecule has 3 rings (SSSR count). The zero-order chi connectivity index (χ0) is 22.2. The molecule has 0 aromatic heterocycles. The predicted octanol–water partition coefficient (Wildman–Crippen LogP) is 1.47. The average Bonchev–Trinajstić information content (AvgIpc) is 3.07. The van der Waals surface area contributed by atoms with E-state index < -0.39 is 23.8 Å². The molecule has 0 fully saturated rings. The van der Waals surface area contributed by atoms with Crippen LogP contribution in [0.3, 0.4) is 0 Å². The number of nitrogens with one attached hydrogen (secondary N) is 3. The molecular weight excluding hydrogens is 400 g/mol. The summed E-state index contributed by atoms with van der Waals surface area (Å²) in [7, 11) is 0. The van der Waals surface area contributed by atoms with E-state index in [2.05, 4.69) is 25.9 Å². The Kier molecular flexibility index (Phi) is 6.94. The molecule has 5 N–H and O–H groups in total. The van der Waals surface area contributed by atoms with Crippen LogP contribution in [0.15, 0.2) is 64.6 Å². The van der Waals surface area contributed by atoms with E-state index in [9.17, 15) is 14.4 Å². The predicted molar refractivity (Wildman–Crippen MR) is 117 cm³/mol. The number of rotatable bonds is 6. The number of carbonyl (C=O) groups excluding carboxylic acids is 3. The lowest BCUT2D eigenvalue weighted by Gasteiger charge is -2.08. The third kappa shape index (κ3) is 6.13. The molecule has 2 amide bonds. The lowest BCUT2D eigenvalue weighted by molar-refractivity contribution is -0.123. The van der Waals surface area contributed by atoms with E-state index >= 15 is 0 Å². The third-order valence-corrected chi connectivity index (χ3v) is 4.15. The molecule has 0 saturated carbocycles. The van der Waals surface area contributed by atoms with Crippen molar-refractivity contribution in [2.24, 2.45) is 15.7 Å². The van der Waals surface area contributed by atoms with Crippen molar-refractivity contribution in [1.29, 1.82) is 0 Å². The quantitative estimate of drug-likeness (QED) is 0.315. The van der Waals surface area contributed by atoms with E-state index in [-0.39, 0.29) is 24.9 Å². The molecule has 1 heterocycles. The molecule has 0 spiro atoms. The van der Waals surface area contributed by atoms with Gasteiger partial charge in [0, 0.05) is 11.4 Å². The standard InChI is InChI=1S/C21H22N6O4/c1-2-31-19(30)13-8-10-15(11-9-13)23-17(28)12-16-18(29)26-21(25-16)27-20(22)24-14-6-4-3-5-7-14/h3-11,16H,2,12H2,1H3,(H,23,28)(H4,22,24,25,26,27,29)/t16-/m1/s1. The second kappa shape index (κ2) is 10.0. The Labute approximate surface area is 178 Å². The van der Waals surface area contributed by atoms with E-state index in [1.807, 2.05) is 30.3 Å². The number of esters is 1. The molecule has 2 aromatic rings. The van der Waals surface area contributed by atoms with Gasteiger partial charge in [0.1, 0.15) is 6.04 Å². The number of anilines is 2. The number of amides is 2. The molecule has 0 saturated heterocycles. The lowest BCUT2D eigenvalue weighted by atomic mass is 10.2. The van der Waals surface area contributed by atoms with Gasteiger partial charge >= 0.3 is 5.97 Å². The Morgan fingerprint density at radius 3 is 2.45 bits per heavy atom. The zero-order valence-corrected chi connectivity index (χ0v) is 16.8. The second-order valence-electron chi connectivity index (χ2n) is 6.50. The first-order valence-electron chi connectivity index (χ1n) is 9.56. The highest BCUT2D eigenvalue weighted by atomic mass is 16.5. The molecule has 10 nitrogen and oxygen atoms in total. The molecule has 0 aliphatic carbocycles. The Morgan fingerprint density at radius 1 is 1.10 bits per heavy atom. The Balaban J connectivity index is 1.56. The van der Waals surface area contributed by atoms with E-state index in [1.54, 1.807) is 31.2 Å². The number of nitrogens with zero attached hydrogens (tertiary/aromatic N) is 2. The van der Waals surface area contributed by atoms with Gasteiger partial charge in [-0.15, -0.1) is 0 Å². The van der Waals surface area contributed by atoms with Crippen LogP contribution in [-0.2, 0) is 14.3 Å². The third-order valence-electron chi connectivity index (χ3n) is 4.15. The Hall–Kier alpha value is -4.21. The first kappa shape index (κ1) is 21.5. The first-order chi connectivity index (χ1) is 14.9. The average molecular weight is 422 g/mol. The molecule has 1 atom stereocenters. The fourth-order valence-corrected chi connectivity index (χ4v) is 2.73. The number of hydrogen-bond acceptors (Lipinski definition) is 6. The number of carbonyl (C=O) groups is 3. The summed E-state index contributed by atoms with van der Waals surface area (Å²) in [4.78, 5) is 44.2. The van der Waals surface area contributed by atoms with Gasteiger partial charge in [0.2, 0.25) is 17.8 Å². The van der Waals surface area contributed by atoms with Gasteiger partial charge in [-0.2, -0.15) is 4.99 Å². The van der Waals surface area contributed by atoms with E-state index in [4.69, 9.17) is 10.5 Å². The number of nitrogens with two attached hydrogens (primary N) is 1. The zero-order valence-electron chi connectivity index (χ0n) is 16.8. The fourth-order valence-electron chi connectivity index (χ4n) is 2.73. The largest absolute Gasteiger partial charge is 0.462 e. The first-order valence-corrected chi connectivity index (χ1v) is 9.56. The molecule has 0 bridgehead atoms. The van der Waals surface area contributed by atoms with Crippen molar-refractivity contribution in [2.45, 2.75) is 19.4 Å². The summed E-state index contributed by atoms with van der Waals surface area (Å²) >= 11 is 0. The number of aliphatic imine (C=N–C) groups is 2. The highest BCUT2D eigenvalue weighted by molar-refractivity contribution is 6.11. The summed E-state index contributed by atoms with van der Waals surface area (Å²) in [6.45, 7) is 2.00. The summed E-state index contributed by atoms with van der Waals surface area (Å²) in [6.07, 6.45) is -0.170. The fraction of sp³-hybridized carbons (Fsp3) is 0.190. The van der Waals surface area contributed by atoms with Crippen LogP contribution in [0.1, 0.15) is 23.7 Å². The van der Waals surface area contributed by atoms with Crippen molar-refractivity contribution in [2.75, 3.05) is 17.2 Å². The van der Waals surface area contributed by atoms with Crippen LogP contribution >= 0.6 is 0 Å². The van der Waals surface area contributed by atoms with Gasteiger partial charge in [0.25, 0.3) is 5.91 Å². The van der Waals surface area contributed by atoms with Crippen molar-refractivity contribution in [3.63, 3.8) is 0 Å². The minimum Gasteiger partial charge on any atom is -0.462 e. The number of hydrogen-bond donors (Lipinski definition) is 4. The normalized spacial score (nSPS) is 15.6. The van der Waals surface area contributed by atoms with Crippen LogP contribution < -0.4 is 21.7 Å². The van der Waals surface area contributed by atoms with Crippen molar-refractivity contribution in [3.05, 3.63) is 60.2 Å². The number of para-hydroxylation sites is 1. The highest BCUT2D eigenvalue weighted by Crippen LogP contribution is 2.13. The minimum atomic E-state index is -0.915. The molecule has 2 aromatic carbocycles. The molecule has 31 heavy (non-hydrogen) atoms. The smallest absolute Gasteiger partial charge is 0.338 e.